The molecule has 0 spiro atoms. The molecular weight excluding hydrogens is 224 g/mol. The van der Waals surface area contributed by atoms with E-state index in [0.29, 0.717) is 5.56 Å². The minimum Gasteiger partial charge on any atom is -0.322 e. The van der Waals surface area contributed by atoms with E-state index in [1.807, 2.05) is 36.4 Å². The molecule has 2 unspecified atom stereocenters. The lowest BCUT2D eigenvalue weighted by molar-refractivity contribution is 0.104. The van der Waals surface area contributed by atoms with Gasteiger partial charge in [-0.25, -0.2) is 0 Å². The molecule has 1 aliphatic rings. The predicted molar refractivity (Wildman–Crippen MR) is 73.1 cm³/mol. The van der Waals surface area contributed by atoms with Gasteiger partial charge in [-0.1, -0.05) is 60.7 Å². The lowest BCUT2D eigenvalue weighted by Crippen LogP contribution is -2.52. The summed E-state index contributed by atoms with van der Waals surface area (Å²) in [5.74, 6) is -0.0735. The molecule has 3 heteroatoms. The fourth-order valence-corrected chi connectivity index (χ4v) is 1.77. The highest BCUT2D eigenvalue weighted by atomic mass is 16.1. The van der Waals surface area contributed by atoms with Crippen LogP contribution in [0.15, 0.2) is 66.8 Å². The van der Waals surface area contributed by atoms with E-state index in [4.69, 9.17) is 11.5 Å². The van der Waals surface area contributed by atoms with E-state index in [1.54, 1.807) is 24.3 Å². The summed E-state index contributed by atoms with van der Waals surface area (Å²) in [5, 5.41) is 0. The van der Waals surface area contributed by atoms with Crippen LogP contribution in [0, 0.1) is 0 Å². The van der Waals surface area contributed by atoms with E-state index in [2.05, 4.69) is 0 Å². The van der Waals surface area contributed by atoms with Crippen LogP contribution in [-0.2, 0) is 0 Å². The Morgan fingerprint density at radius 1 is 1.22 bits per heavy atom. The molecule has 0 bridgehead atoms. The molecule has 1 aliphatic carbocycles. The first-order chi connectivity index (χ1) is 8.62. The molecule has 3 nitrogen and oxygen atoms in total. The molecule has 0 fully saturated rings. The average Bonchev–Trinajstić information content (AvgIpc) is 2.41. The average molecular weight is 240 g/mol. The maximum Gasteiger partial charge on any atom is 0.185 e. The van der Waals surface area contributed by atoms with Gasteiger partial charge in [-0.3, -0.25) is 4.79 Å². The van der Waals surface area contributed by atoms with Crippen molar-refractivity contribution in [2.75, 3.05) is 0 Å². The van der Waals surface area contributed by atoms with Crippen molar-refractivity contribution in [1.29, 1.82) is 0 Å². The van der Waals surface area contributed by atoms with Crippen molar-refractivity contribution in [2.45, 2.75) is 11.6 Å². The first kappa shape index (κ1) is 12.5. The van der Waals surface area contributed by atoms with Gasteiger partial charge in [-0.05, 0) is 6.08 Å². The Labute approximate surface area is 106 Å². The predicted octanol–water partition coefficient (Wildman–Crippen LogP) is 1.58. The van der Waals surface area contributed by atoms with Crippen LogP contribution in [0.4, 0.5) is 0 Å². The maximum absolute atomic E-state index is 11.9. The Morgan fingerprint density at radius 3 is 2.61 bits per heavy atom. The molecule has 18 heavy (non-hydrogen) atoms. The van der Waals surface area contributed by atoms with Crippen LogP contribution in [0.3, 0.4) is 0 Å². The first-order valence-electron chi connectivity index (χ1n) is 5.81. The fraction of sp³-hybridized carbons (Fsp3) is 0.133. The van der Waals surface area contributed by atoms with Crippen molar-refractivity contribution >= 4 is 5.78 Å². The van der Waals surface area contributed by atoms with Crippen LogP contribution in [0.25, 0.3) is 0 Å². The van der Waals surface area contributed by atoms with E-state index >= 15 is 0 Å². The smallest absolute Gasteiger partial charge is 0.185 e. The van der Waals surface area contributed by atoms with Gasteiger partial charge in [0.25, 0.3) is 0 Å². The first-order valence-corrected chi connectivity index (χ1v) is 5.81. The quantitative estimate of drug-likeness (QED) is 0.622. The van der Waals surface area contributed by atoms with E-state index in [9.17, 15) is 4.79 Å². The van der Waals surface area contributed by atoms with E-state index in [0.717, 1.165) is 0 Å². The van der Waals surface area contributed by atoms with E-state index in [1.165, 1.54) is 6.08 Å². The molecule has 1 aromatic rings. The lowest BCUT2D eigenvalue weighted by atomic mass is 9.87. The van der Waals surface area contributed by atoms with Gasteiger partial charge in [0.2, 0.25) is 0 Å². The number of hydrogen-bond acceptors (Lipinski definition) is 3. The summed E-state index contributed by atoms with van der Waals surface area (Å²) >= 11 is 0. The minimum absolute atomic E-state index is 0.0735. The number of carbonyl (C=O) groups excluding carboxylic acids is 1. The number of ketones is 1. The largest absolute Gasteiger partial charge is 0.322 e. The van der Waals surface area contributed by atoms with Crippen molar-refractivity contribution in [3.8, 4) is 0 Å². The van der Waals surface area contributed by atoms with Crippen molar-refractivity contribution in [3.05, 3.63) is 72.4 Å². The molecule has 92 valence electrons. The van der Waals surface area contributed by atoms with Gasteiger partial charge >= 0.3 is 0 Å². The van der Waals surface area contributed by atoms with Gasteiger partial charge < -0.3 is 11.5 Å². The van der Waals surface area contributed by atoms with Crippen LogP contribution < -0.4 is 11.5 Å². The van der Waals surface area contributed by atoms with Gasteiger partial charge in [0.1, 0.15) is 0 Å². The molecule has 0 heterocycles. The van der Waals surface area contributed by atoms with E-state index < -0.39 is 5.54 Å². The summed E-state index contributed by atoms with van der Waals surface area (Å²) < 4.78 is 0. The Morgan fingerprint density at radius 2 is 1.94 bits per heavy atom. The van der Waals surface area contributed by atoms with Crippen molar-refractivity contribution in [3.63, 3.8) is 0 Å². The number of allylic oxidation sites excluding steroid dienone is 3. The molecule has 0 radical (unpaired) electrons. The van der Waals surface area contributed by atoms with Crippen molar-refractivity contribution in [1.82, 2.24) is 0 Å². The third-order valence-corrected chi connectivity index (χ3v) is 2.97. The van der Waals surface area contributed by atoms with Crippen LogP contribution in [-0.4, -0.2) is 17.4 Å². The highest BCUT2D eigenvalue weighted by molar-refractivity contribution is 6.04. The minimum atomic E-state index is -0.792. The summed E-state index contributed by atoms with van der Waals surface area (Å²) in [6.45, 7) is 0. The highest BCUT2D eigenvalue weighted by Gasteiger charge is 2.26. The van der Waals surface area contributed by atoms with Crippen molar-refractivity contribution < 1.29 is 4.79 Å². The maximum atomic E-state index is 11.9. The Hall–Kier alpha value is -1.97. The number of rotatable bonds is 3. The molecule has 0 amide bonds. The van der Waals surface area contributed by atoms with Gasteiger partial charge in [-0.15, -0.1) is 0 Å². The number of hydrogen-bond donors (Lipinski definition) is 2. The number of nitrogens with two attached hydrogens (primary N) is 2. The van der Waals surface area contributed by atoms with Gasteiger partial charge in [0.05, 0.1) is 5.54 Å². The zero-order valence-electron chi connectivity index (χ0n) is 9.99. The summed E-state index contributed by atoms with van der Waals surface area (Å²) in [6, 6.07) is 8.75. The van der Waals surface area contributed by atoms with Gasteiger partial charge in [-0.2, -0.15) is 0 Å². The summed E-state index contributed by atoms with van der Waals surface area (Å²) in [5.41, 5.74) is 11.9. The van der Waals surface area contributed by atoms with Crippen LogP contribution >= 0.6 is 0 Å². The molecule has 0 saturated carbocycles. The Kier molecular flexibility index (Phi) is 3.55. The molecule has 2 atom stereocenters. The van der Waals surface area contributed by atoms with Crippen LogP contribution in [0.1, 0.15) is 10.4 Å². The second-order valence-corrected chi connectivity index (χ2v) is 4.33. The summed E-state index contributed by atoms with van der Waals surface area (Å²) in [4.78, 5) is 11.9. The second-order valence-electron chi connectivity index (χ2n) is 4.33. The third kappa shape index (κ3) is 2.64. The molecular formula is C15H16N2O. The molecule has 0 saturated heterocycles. The van der Waals surface area contributed by atoms with E-state index in [-0.39, 0.29) is 11.8 Å². The van der Waals surface area contributed by atoms with Gasteiger partial charge in [0.15, 0.2) is 5.78 Å². The SMILES string of the molecule is NC1C=CC=CC1(N)C=CC(=O)c1ccccc1. The second kappa shape index (κ2) is 5.12. The molecule has 0 aliphatic heterocycles. The number of carbonyl (C=O) groups is 1. The highest BCUT2D eigenvalue weighted by Crippen LogP contribution is 2.16. The molecule has 4 N–H and O–H groups in total. The molecule has 1 aromatic carbocycles. The normalized spacial score (nSPS) is 26.7. The third-order valence-electron chi connectivity index (χ3n) is 2.97. The van der Waals surface area contributed by atoms with Crippen molar-refractivity contribution in [2.24, 2.45) is 11.5 Å². The summed E-state index contributed by atoms with van der Waals surface area (Å²) in [6.07, 6.45) is 10.4. The van der Waals surface area contributed by atoms with Gasteiger partial charge in [0, 0.05) is 11.6 Å². The number of benzene rings is 1. The zero-order chi connectivity index (χ0) is 13.0. The van der Waals surface area contributed by atoms with Crippen LogP contribution in [0.2, 0.25) is 0 Å². The standard InChI is InChI=1S/C15H16N2O/c16-14-8-4-5-10-15(14,17)11-9-13(18)12-6-2-1-3-7-12/h1-11,14H,16-17H2. The monoisotopic (exact) mass is 240 g/mol. The fourth-order valence-electron chi connectivity index (χ4n) is 1.77. The van der Waals surface area contributed by atoms with Crippen LogP contribution in [0.5, 0.6) is 0 Å². The lowest BCUT2D eigenvalue weighted by Gasteiger charge is -2.29. The Bertz CT molecular complexity index is 517. The summed E-state index contributed by atoms with van der Waals surface area (Å²) in [7, 11) is 0. The zero-order valence-corrected chi connectivity index (χ0v) is 9.99. The molecule has 0 aromatic heterocycles. The molecule has 2 rings (SSSR count). The Balaban J connectivity index is 2.14. The topological polar surface area (TPSA) is 69.1 Å².